The van der Waals surface area contributed by atoms with Gasteiger partial charge in [0.15, 0.2) is 0 Å². The van der Waals surface area contributed by atoms with Gasteiger partial charge in [-0.25, -0.2) is 0 Å². The van der Waals surface area contributed by atoms with Crippen molar-refractivity contribution in [2.75, 3.05) is 0 Å². The van der Waals surface area contributed by atoms with Gasteiger partial charge in [0.1, 0.15) is 12.2 Å². The lowest BCUT2D eigenvalue weighted by molar-refractivity contribution is -0.139. The molecular weight excluding hydrogens is 148 g/mol. The van der Waals surface area contributed by atoms with Gasteiger partial charge in [0.25, 0.3) is 0 Å². The summed E-state index contributed by atoms with van der Waals surface area (Å²) >= 11 is 0. The molecule has 4 nitrogen and oxygen atoms in total. The molecule has 2 unspecified atom stereocenters. The molecule has 0 aromatic rings. The zero-order chi connectivity index (χ0) is 8.17. The van der Waals surface area contributed by atoms with Crippen LogP contribution in [0.5, 0.6) is 0 Å². The molecular formula is C7H12O4. The fraction of sp³-hybridized carbons (Fsp3) is 1.00. The topological polar surface area (TPSA) is 80.9 Å². The Balaban J connectivity index is 2.13. The monoisotopic (exact) mass is 160 g/mol. The molecule has 2 rings (SSSR count). The van der Waals surface area contributed by atoms with E-state index in [1.807, 2.05) is 0 Å². The van der Waals surface area contributed by atoms with Gasteiger partial charge in [-0.2, -0.15) is 0 Å². The highest BCUT2D eigenvalue weighted by Crippen LogP contribution is 2.49. The van der Waals surface area contributed by atoms with E-state index >= 15 is 0 Å². The van der Waals surface area contributed by atoms with Crippen molar-refractivity contribution in [1.82, 2.24) is 0 Å². The van der Waals surface area contributed by atoms with Crippen LogP contribution >= 0.6 is 0 Å². The number of hydrogen-bond acceptors (Lipinski definition) is 4. The van der Waals surface area contributed by atoms with Crippen molar-refractivity contribution in [3.63, 3.8) is 0 Å². The normalized spacial score (nSPS) is 62.2. The van der Waals surface area contributed by atoms with Crippen LogP contribution in [0.2, 0.25) is 0 Å². The highest BCUT2D eigenvalue weighted by atomic mass is 16.4. The van der Waals surface area contributed by atoms with Crippen molar-refractivity contribution in [1.29, 1.82) is 0 Å². The molecule has 0 heterocycles. The van der Waals surface area contributed by atoms with E-state index < -0.39 is 24.4 Å². The van der Waals surface area contributed by atoms with Crippen LogP contribution in [0.15, 0.2) is 0 Å². The molecule has 0 spiro atoms. The predicted octanol–water partition coefficient (Wildman–Crippen LogP) is -1.92. The largest absolute Gasteiger partial charge is 0.390 e. The molecule has 2 saturated carbocycles. The first kappa shape index (κ1) is 7.49. The maximum absolute atomic E-state index is 9.25. The third-order valence-corrected chi connectivity index (χ3v) is 2.82. The number of fused-ring (bicyclic) bond motifs is 1. The Labute approximate surface area is 64.1 Å². The van der Waals surface area contributed by atoms with Crippen LogP contribution in [0, 0.1) is 11.8 Å². The summed E-state index contributed by atoms with van der Waals surface area (Å²) in [6.45, 7) is 0. The van der Waals surface area contributed by atoms with Gasteiger partial charge in [0.2, 0.25) is 0 Å². The van der Waals surface area contributed by atoms with Crippen molar-refractivity contribution in [3.05, 3.63) is 0 Å². The minimum absolute atomic E-state index is 0.00315. The van der Waals surface area contributed by atoms with E-state index in [4.69, 9.17) is 10.2 Å². The Bertz CT molecular complexity index is 154. The molecule has 0 aromatic carbocycles. The molecule has 0 saturated heterocycles. The lowest BCUT2D eigenvalue weighted by Crippen LogP contribution is -2.50. The molecule has 0 aromatic heterocycles. The Morgan fingerprint density at radius 1 is 0.636 bits per heavy atom. The average Bonchev–Trinajstić information content (AvgIpc) is 2.76. The van der Waals surface area contributed by atoms with Gasteiger partial charge in [0.05, 0.1) is 12.2 Å². The second kappa shape index (κ2) is 2.17. The first-order valence-corrected chi connectivity index (χ1v) is 3.85. The maximum Gasteiger partial charge on any atom is 0.109 e. The summed E-state index contributed by atoms with van der Waals surface area (Å²) < 4.78 is 0. The molecule has 11 heavy (non-hydrogen) atoms. The molecule has 2 fully saturated rings. The molecule has 4 heteroatoms. The zero-order valence-corrected chi connectivity index (χ0v) is 5.96. The first-order chi connectivity index (χ1) is 5.13. The molecule has 4 N–H and O–H groups in total. The van der Waals surface area contributed by atoms with Gasteiger partial charge in [-0.05, 0) is 18.3 Å². The predicted molar refractivity (Wildman–Crippen MR) is 35.6 cm³/mol. The average molecular weight is 160 g/mol. The van der Waals surface area contributed by atoms with Crippen molar-refractivity contribution >= 4 is 0 Å². The minimum atomic E-state index is -1.17. The van der Waals surface area contributed by atoms with Crippen LogP contribution in [0.1, 0.15) is 6.42 Å². The van der Waals surface area contributed by atoms with Crippen molar-refractivity contribution < 1.29 is 20.4 Å². The molecule has 0 radical (unpaired) electrons. The molecule has 6 atom stereocenters. The van der Waals surface area contributed by atoms with Crippen molar-refractivity contribution in [2.24, 2.45) is 11.8 Å². The fourth-order valence-electron chi connectivity index (χ4n) is 1.93. The number of hydrogen-bond donors (Lipinski definition) is 4. The van der Waals surface area contributed by atoms with E-state index in [0.29, 0.717) is 0 Å². The Hall–Kier alpha value is -0.160. The summed E-state index contributed by atoms with van der Waals surface area (Å²) in [5.41, 5.74) is 0. The lowest BCUT2D eigenvalue weighted by Gasteiger charge is -2.31. The summed E-state index contributed by atoms with van der Waals surface area (Å²) in [4.78, 5) is 0. The summed E-state index contributed by atoms with van der Waals surface area (Å²) in [5, 5.41) is 36.8. The first-order valence-electron chi connectivity index (χ1n) is 3.85. The van der Waals surface area contributed by atoms with Gasteiger partial charge < -0.3 is 20.4 Å². The fourth-order valence-corrected chi connectivity index (χ4v) is 1.93. The third kappa shape index (κ3) is 0.906. The van der Waals surface area contributed by atoms with Crippen LogP contribution in [-0.4, -0.2) is 44.8 Å². The van der Waals surface area contributed by atoms with E-state index in [1.54, 1.807) is 0 Å². The SMILES string of the molecule is O[C@H]1[C@H](O)[C@@H](O)C2CC2[C@@H]1O. The van der Waals surface area contributed by atoms with Gasteiger partial charge in [-0.15, -0.1) is 0 Å². The van der Waals surface area contributed by atoms with Crippen LogP contribution < -0.4 is 0 Å². The highest BCUT2D eigenvalue weighted by Gasteiger charge is 2.57. The minimum Gasteiger partial charge on any atom is -0.390 e. The van der Waals surface area contributed by atoms with Crippen molar-refractivity contribution in [3.8, 4) is 0 Å². The Kier molecular flexibility index (Phi) is 1.47. The van der Waals surface area contributed by atoms with Crippen LogP contribution in [0.25, 0.3) is 0 Å². The highest BCUT2D eigenvalue weighted by molar-refractivity contribution is 5.07. The van der Waals surface area contributed by atoms with Crippen LogP contribution in [-0.2, 0) is 0 Å². The van der Waals surface area contributed by atoms with E-state index in [-0.39, 0.29) is 11.8 Å². The number of aliphatic hydroxyl groups excluding tert-OH is 4. The Morgan fingerprint density at radius 3 is 1.36 bits per heavy atom. The number of rotatable bonds is 0. The molecule has 0 aliphatic heterocycles. The number of aliphatic hydroxyl groups is 4. The van der Waals surface area contributed by atoms with Gasteiger partial charge in [0, 0.05) is 0 Å². The quantitative estimate of drug-likeness (QED) is 0.333. The summed E-state index contributed by atoms with van der Waals surface area (Å²) in [5.74, 6) is 0.00630. The van der Waals surface area contributed by atoms with Crippen molar-refractivity contribution in [2.45, 2.75) is 30.8 Å². The summed E-state index contributed by atoms with van der Waals surface area (Å²) in [7, 11) is 0. The second-order valence-electron chi connectivity index (χ2n) is 3.53. The molecule has 2 aliphatic carbocycles. The van der Waals surface area contributed by atoms with E-state index in [2.05, 4.69) is 0 Å². The maximum atomic E-state index is 9.25. The van der Waals surface area contributed by atoms with Gasteiger partial charge in [-0.1, -0.05) is 0 Å². The van der Waals surface area contributed by atoms with Gasteiger partial charge in [-0.3, -0.25) is 0 Å². The van der Waals surface area contributed by atoms with E-state index in [9.17, 15) is 10.2 Å². The summed E-state index contributed by atoms with van der Waals surface area (Å²) in [6, 6.07) is 0. The van der Waals surface area contributed by atoms with Crippen LogP contribution in [0.3, 0.4) is 0 Å². The Morgan fingerprint density at radius 2 is 1.00 bits per heavy atom. The molecule has 0 amide bonds. The van der Waals surface area contributed by atoms with Crippen LogP contribution in [0.4, 0.5) is 0 Å². The van der Waals surface area contributed by atoms with E-state index in [0.717, 1.165) is 6.42 Å². The lowest BCUT2D eigenvalue weighted by atomic mass is 9.90. The van der Waals surface area contributed by atoms with E-state index in [1.165, 1.54) is 0 Å². The summed E-state index contributed by atoms with van der Waals surface area (Å²) in [6.07, 6.45) is -3.32. The second-order valence-corrected chi connectivity index (χ2v) is 3.53. The third-order valence-electron chi connectivity index (χ3n) is 2.82. The zero-order valence-electron chi connectivity index (χ0n) is 5.96. The molecule has 2 aliphatic rings. The molecule has 0 bridgehead atoms. The standard InChI is InChI=1S/C7H12O4/c8-4-2-1-3(2)5(9)7(11)6(4)10/h2-11H,1H2/t2?,3?,4-,5-,6+,7+/m0/s1. The smallest absolute Gasteiger partial charge is 0.109 e. The van der Waals surface area contributed by atoms with Gasteiger partial charge >= 0.3 is 0 Å². The molecule has 64 valence electrons.